The molecule has 0 spiro atoms. The molecule has 1 unspecified atom stereocenters. The molecule has 4 nitrogen and oxygen atoms in total. The van der Waals surface area contributed by atoms with E-state index < -0.39 is 5.97 Å². The Bertz CT molecular complexity index is 838. The van der Waals surface area contributed by atoms with E-state index in [1.165, 1.54) is 0 Å². The van der Waals surface area contributed by atoms with Gasteiger partial charge in [-0.25, -0.2) is 4.79 Å². The van der Waals surface area contributed by atoms with Crippen LogP contribution in [-0.2, 0) is 0 Å². The van der Waals surface area contributed by atoms with Crippen LogP contribution in [0.2, 0.25) is 0 Å². The summed E-state index contributed by atoms with van der Waals surface area (Å²) < 4.78 is 5.96. The first-order valence-corrected chi connectivity index (χ1v) is 7.84. The third-order valence-corrected chi connectivity index (χ3v) is 3.78. The Balaban J connectivity index is 1.62. The monoisotopic (exact) mass is 321 g/mol. The molecule has 4 heteroatoms. The summed E-state index contributed by atoms with van der Waals surface area (Å²) >= 11 is 0. The molecule has 0 aliphatic rings. The number of ether oxygens (including phenoxy) is 1. The van der Waals surface area contributed by atoms with Gasteiger partial charge in [0.25, 0.3) is 0 Å². The standard InChI is InChI=1S/C20H19NO3/c1-14(21-17-11-9-16(10-12-17)20(22)23)13-24-19-8-4-6-15-5-2-3-7-18(15)19/h2-12,14,21H,13H2,1H3,(H,22,23). The zero-order valence-corrected chi connectivity index (χ0v) is 13.4. The van der Waals surface area contributed by atoms with Crippen LogP contribution < -0.4 is 10.1 Å². The second-order valence-corrected chi connectivity index (χ2v) is 5.72. The summed E-state index contributed by atoms with van der Waals surface area (Å²) in [6.45, 7) is 2.53. The summed E-state index contributed by atoms with van der Waals surface area (Å²) in [7, 11) is 0. The van der Waals surface area contributed by atoms with Gasteiger partial charge in [-0.05, 0) is 42.6 Å². The number of carbonyl (C=O) groups is 1. The summed E-state index contributed by atoms with van der Waals surface area (Å²) in [5.74, 6) is -0.0585. The van der Waals surface area contributed by atoms with E-state index in [0.29, 0.717) is 6.61 Å². The molecule has 3 aromatic rings. The minimum Gasteiger partial charge on any atom is -0.491 e. The fourth-order valence-corrected chi connectivity index (χ4v) is 2.57. The van der Waals surface area contributed by atoms with Crippen LogP contribution in [0.3, 0.4) is 0 Å². The smallest absolute Gasteiger partial charge is 0.335 e. The molecule has 24 heavy (non-hydrogen) atoms. The van der Waals surface area contributed by atoms with Gasteiger partial charge in [0.05, 0.1) is 11.6 Å². The lowest BCUT2D eigenvalue weighted by atomic mass is 10.1. The fraction of sp³-hybridized carbons (Fsp3) is 0.150. The number of anilines is 1. The van der Waals surface area contributed by atoms with E-state index in [9.17, 15) is 4.79 Å². The van der Waals surface area contributed by atoms with Gasteiger partial charge >= 0.3 is 5.97 Å². The van der Waals surface area contributed by atoms with Gasteiger partial charge in [-0.1, -0.05) is 36.4 Å². The average Bonchev–Trinajstić information content (AvgIpc) is 2.60. The molecule has 0 aromatic heterocycles. The zero-order valence-electron chi connectivity index (χ0n) is 13.4. The summed E-state index contributed by atoms with van der Waals surface area (Å²) in [6, 6.07) is 20.9. The van der Waals surface area contributed by atoms with Crippen molar-refractivity contribution in [3.63, 3.8) is 0 Å². The van der Waals surface area contributed by atoms with Crippen LogP contribution in [0.25, 0.3) is 10.8 Å². The Morgan fingerprint density at radius 3 is 2.50 bits per heavy atom. The molecule has 0 fully saturated rings. The highest BCUT2D eigenvalue weighted by atomic mass is 16.5. The van der Waals surface area contributed by atoms with Crippen LogP contribution in [0, 0.1) is 0 Å². The van der Waals surface area contributed by atoms with Crippen molar-refractivity contribution in [1.82, 2.24) is 0 Å². The van der Waals surface area contributed by atoms with E-state index in [4.69, 9.17) is 9.84 Å². The van der Waals surface area contributed by atoms with Crippen molar-refractivity contribution in [3.8, 4) is 5.75 Å². The van der Waals surface area contributed by atoms with Gasteiger partial charge in [-0.3, -0.25) is 0 Å². The first-order chi connectivity index (χ1) is 11.6. The van der Waals surface area contributed by atoms with Crippen LogP contribution in [0.5, 0.6) is 5.75 Å². The number of carboxylic acids is 1. The maximum Gasteiger partial charge on any atom is 0.335 e. The molecule has 2 N–H and O–H groups in total. The molecule has 0 aliphatic heterocycles. The molecule has 0 bridgehead atoms. The molecule has 0 heterocycles. The van der Waals surface area contributed by atoms with Crippen molar-refractivity contribution < 1.29 is 14.6 Å². The third kappa shape index (κ3) is 3.66. The first kappa shape index (κ1) is 15.9. The van der Waals surface area contributed by atoms with Crippen molar-refractivity contribution in [1.29, 1.82) is 0 Å². The van der Waals surface area contributed by atoms with Gasteiger partial charge in [0.15, 0.2) is 0 Å². The third-order valence-electron chi connectivity index (χ3n) is 3.78. The molecule has 1 atom stereocenters. The van der Waals surface area contributed by atoms with Crippen molar-refractivity contribution >= 4 is 22.4 Å². The quantitative estimate of drug-likeness (QED) is 0.706. The molecule has 0 aliphatic carbocycles. The summed E-state index contributed by atoms with van der Waals surface area (Å²) in [6.07, 6.45) is 0. The van der Waals surface area contributed by atoms with E-state index in [-0.39, 0.29) is 11.6 Å². The van der Waals surface area contributed by atoms with Crippen molar-refractivity contribution in [2.24, 2.45) is 0 Å². The van der Waals surface area contributed by atoms with E-state index in [2.05, 4.69) is 17.4 Å². The molecule has 0 saturated heterocycles. The number of fused-ring (bicyclic) bond motifs is 1. The second-order valence-electron chi connectivity index (χ2n) is 5.72. The number of hydrogen-bond donors (Lipinski definition) is 2. The normalized spacial score (nSPS) is 11.9. The number of hydrogen-bond acceptors (Lipinski definition) is 3. The van der Waals surface area contributed by atoms with Gasteiger partial charge in [0, 0.05) is 11.1 Å². The Hall–Kier alpha value is -3.01. The molecule has 122 valence electrons. The van der Waals surface area contributed by atoms with Gasteiger partial charge < -0.3 is 15.2 Å². The molecule has 3 rings (SSSR count). The summed E-state index contributed by atoms with van der Waals surface area (Å²) in [4.78, 5) is 10.9. The van der Waals surface area contributed by atoms with E-state index in [0.717, 1.165) is 22.2 Å². The Morgan fingerprint density at radius 2 is 1.75 bits per heavy atom. The number of rotatable bonds is 6. The maximum absolute atomic E-state index is 10.9. The van der Waals surface area contributed by atoms with Crippen LogP contribution in [-0.4, -0.2) is 23.7 Å². The maximum atomic E-state index is 10.9. The summed E-state index contributed by atoms with van der Waals surface area (Å²) in [5.41, 5.74) is 1.15. The molecule has 0 radical (unpaired) electrons. The molecule has 0 saturated carbocycles. The lowest BCUT2D eigenvalue weighted by molar-refractivity contribution is 0.0697. The number of carboxylic acid groups (broad SMARTS) is 1. The Morgan fingerprint density at radius 1 is 1.04 bits per heavy atom. The molecule has 0 amide bonds. The Kier molecular flexibility index (Phi) is 4.66. The van der Waals surface area contributed by atoms with Gasteiger partial charge in [0.2, 0.25) is 0 Å². The summed E-state index contributed by atoms with van der Waals surface area (Å²) in [5, 5.41) is 14.5. The minimum atomic E-state index is -0.922. The van der Waals surface area contributed by atoms with Crippen LogP contribution in [0.4, 0.5) is 5.69 Å². The van der Waals surface area contributed by atoms with Crippen LogP contribution >= 0.6 is 0 Å². The van der Waals surface area contributed by atoms with Gasteiger partial charge in [-0.15, -0.1) is 0 Å². The molecule has 3 aromatic carbocycles. The first-order valence-electron chi connectivity index (χ1n) is 7.84. The number of benzene rings is 3. The lowest BCUT2D eigenvalue weighted by Crippen LogP contribution is -2.23. The average molecular weight is 321 g/mol. The highest BCUT2D eigenvalue weighted by Crippen LogP contribution is 2.25. The zero-order chi connectivity index (χ0) is 16.9. The van der Waals surface area contributed by atoms with Gasteiger partial charge in [0.1, 0.15) is 12.4 Å². The minimum absolute atomic E-state index is 0.0830. The van der Waals surface area contributed by atoms with Crippen LogP contribution in [0.1, 0.15) is 17.3 Å². The van der Waals surface area contributed by atoms with E-state index in [1.807, 2.05) is 37.3 Å². The van der Waals surface area contributed by atoms with Crippen LogP contribution in [0.15, 0.2) is 66.7 Å². The highest BCUT2D eigenvalue weighted by Gasteiger charge is 2.07. The lowest BCUT2D eigenvalue weighted by Gasteiger charge is -2.17. The topological polar surface area (TPSA) is 58.6 Å². The predicted octanol–water partition coefficient (Wildman–Crippen LogP) is 4.42. The number of nitrogens with one attached hydrogen (secondary N) is 1. The predicted molar refractivity (Wildman–Crippen MR) is 95.9 cm³/mol. The van der Waals surface area contributed by atoms with Gasteiger partial charge in [-0.2, -0.15) is 0 Å². The fourth-order valence-electron chi connectivity index (χ4n) is 2.57. The number of aromatic carboxylic acids is 1. The van der Waals surface area contributed by atoms with Crippen molar-refractivity contribution in [3.05, 3.63) is 72.3 Å². The SMILES string of the molecule is CC(COc1cccc2ccccc12)Nc1ccc(C(=O)O)cc1. The second kappa shape index (κ2) is 7.04. The van der Waals surface area contributed by atoms with E-state index >= 15 is 0 Å². The van der Waals surface area contributed by atoms with E-state index in [1.54, 1.807) is 24.3 Å². The largest absolute Gasteiger partial charge is 0.491 e. The van der Waals surface area contributed by atoms with Crippen molar-refractivity contribution in [2.75, 3.05) is 11.9 Å². The molecular formula is C20H19NO3. The molecular weight excluding hydrogens is 302 g/mol. The highest BCUT2D eigenvalue weighted by molar-refractivity contribution is 5.88. The Labute approximate surface area is 140 Å². The van der Waals surface area contributed by atoms with Crippen molar-refractivity contribution in [2.45, 2.75) is 13.0 Å².